The molecule has 0 radical (unpaired) electrons. The highest BCUT2D eigenvalue weighted by atomic mass is 32.1. The van der Waals surface area contributed by atoms with Gasteiger partial charge in [0.25, 0.3) is 0 Å². The maximum Gasteiger partial charge on any atom is 0.194 e. The summed E-state index contributed by atoms with van der Waals surface area (Å²) in [5.41, 5.74) is 9.72. The summed E-state index contributed by atoms with van der Waals surface area (Å²) in [4.78, 5) is 5.50. The summed E-state index contributed by atoms with van der Waals surface area (Å²) < 4.78 is 2.03. The van der Waals surface area contributed by atoms with Crippen LogP contribution in [-0.4, -0.2) is 19.6 Å². The van der Waals surface area contributed by atoms with Crippen molar-refractivity contribution in [2.75, 3.05) is 0 Å². The summed E-state index contributed by atoms with van der Waals surface area (Å²) in [5, 5.41) is 8.99. The fourth-order valence-corrected chi connectivity index (χ4v) is 2.59. The SMILES string of the molecule is Cc1cn[nH]c1-c1cn2c(CN)csc2n1. The average molecular weight is 233 g/mol. The maximum absolute atomic E-state index is 5.66. The lowest BCUT2D eigenvalue weighted by Crippen LogP contribution is -1.98. The quantitative estimate of drug-likeness (QED) is 0.705. The second-order valence-electron chi connectivity index (χ2n) is 3.64. The molecule has 0 fully saturated rings. The highest BCUT2D eigenvalue weighted by molar-refractivity contribution is 7.15. The average Bonchev–Trinajstić information content (AvgIpc) is 2.90. The molecule has 0 saturated carbocycles. The van der Waals surface area contributed by atoms with Gasteiger partial charge in [-0.05, 0) is 12.5 Å². The summed E-state index contributed by atoms with van der Waals surface area (Å²) in [5.74, 6) is 0. The predicted octanol–water partition coefficient (Wildman–Crippen LogP) is 1.55. The molecule has 0 bridgehead atoms. The molecule has 3 aromatic heterocycles. The Hall–Kier alpha value is -1.66. The first-order chi connectivity index (χ1) is 7.79. The van der Waals surface area contributed by atoms with Gasteiger partial charge in [0.15, 0.2) is 4.96 Å². The van der Waals surface area contributed by atoms with E-state index in [0.717, 1.165) is 27.6 Å². The predicted molar refractivity (Wildman–Crippen MR) is 63.3 cm³/mol. The van der Waals surface area contributed by atoms with E-state index in [4.69, 9.17) is 5.73 Å². The van der Waals surface area contributed by atoms with Crippen LogP contribution in [0.2, 0.25) is 0 Å². The summed E-state index contributed by atoms with van der Waals surface area (Å²) in [6.45, 7) is 2.54. The van der Waals surface area contributed by atoms with Crippen LogP contribution in [0.3, 0.4) is 0 Å². The van der Waals surface area contributed by atoms with Gasteiger partial charge < -0.3 is 5.73 Å². The third kappa shape index (κ3) is 1.27. The topological polar surface area (TPSA) is 72.0 Å². The molecule has 3 rings (SSSR count). The number of nitrogens with one attached hydrogen (secondary N) is 1. The normalized spacial score (nSPS) is 11.4. The summed E-state index contributed by atoms with van der Waals surface area (Å²) >= 11 is 1.60. The molecular weight excluding hydrogens is 222 g/mol. The minimum absolute atomic E-state index is 0.526. The van der Waals surface area contributed by atoms with Gasteiger partial charge in [-0.1, -0.05) is 0 Å². The zero-order chi connectivity index (χ0) is 11.1. The number of aryl methyl sites for hydroxylation is 1. The molecular formula is C10H11N5S. The van der Waals surface area contributed by atoms with Crippen molar-refractivity contribution in [1.82, 2.24) is 19.6 Å². The van der Waals surface area contributed by atoms with Gasteiger partial charge in [0.05, 0.1) is 11.9 Å². The molecule has 3 N–H and O–H groups in total. The van der Waals surface area contributed by atoms with E-state index >= 15 is 0 Å². The van der Waals surface area contributed by atoms with E-state index < -0.39 is 0 Å². The van der Waals surface area contributed by atoms with Crippen LogP contribution in [0.4, 0.5) is 0 Å². The minimum atomic E-state index is 0.526. The number of nitrogens with two attached hydrogens (primary N) is 1. The van der Waals surface area contributed by atoms with E-state index in [1.165, 1.54) is 0 Å². The van der Waals surface area contributed by atoms with Crippen LogP contribution in [0.5, 0.6) is 0 Å². The smallest absolute Gasteiger partial charge is 0.194 e. The molecule has 0 aliphatic heterocycles. The fourth-order valence-electron chi connectivity index (χ4n) is 1.70. The van der Waals surface area contributed by atoms with Crippen LogP contribution in [0.15, 0.2) is 17.8 Å². The number of hydrogen-bond donors (Lipinski definition) is 2. The number of fused-ring (bicyclic) bond motifs is 1. The number of thiazole rings is 1. The van der Waals surface area contributed by atoms with Gasteiger partial charge in [-0.15, -0.1) is 11.3 Å². The molecule has 5 nitrogen and oxygen atoms in total. The van der Waals surface area contributed by atoms with Crippen LogP contribution in [0.25, 0.3) is 16.3 Å². The van der Waals surface area contributed by atoms with Crippen molar-refractivity contribution < 1.29 is 0 Å². The number of aromatic amines is 1. The lowest BCUT2D eigenvalue weighted by atomic mass is 10.2. The van der Waals surface area contributed by atoms with Gasteiger partial charge in [-0.2, -0.15) is 5.10 Å². The second kappa shape index (κ2) is 3.43. The Labute approximate surface area is 95.9 Å². The lowest BCUT2D eigenvalue weighted by Gasteiger charge is -1.92. The first-order valence-electron chi connectivity index (χ1n) is 4.95. The molecule has 0 unspecified atom stereocenters. The Kier molecular flexibility index (Phi) is 2.05. The Morgan fingerprint density at radius 1 is 1.56 bits per heavy atom. The van der Waals surface area contributed by atoms with Gasteiger partial charge >= 0.3 is 0 Å². The van der Waals surface area contributed by atoms with Crippen molar-refractivity contribution >= 4 is 16.3 Å². The fraction of sp³-hybridized carbons (Fsp3) is 0.200. The van der Waals surface area contributed by atoms with Crippen molar-refractivity contribution in [3.8, 4) is 11.4 Å². The standard InChI is InChI=1S/C10H11N5S/c1-6-3-12-14-9(6)8-4-15-7(2-11)5-16-10(15)13-8/h3-5H,2,11H2,1H3,(H,12,14). The molecule has 0 spiro atoms. The number of nitrogens with zero attached hydrogens (tertiary/aromatic N) is 3. The summed E-state index contributed by atoms with van der Waals surface area (Å²) in [6, 6.07) is 0. The van der Waals surface area contributed by atoms with Crippen LogP contribution in [0, 0.1) is 6.92 Å². The van der Waals surface area contributed by atoms with Crippen molar-refractivity contribution in [2.24, 2.45) is 5.73 Å². The van der Waals surface area contributed by atoms with Crippen molar-refractivity contribution in [2.45, 2.75) is 13.5 Å². The van der Waals surface area contributed by atoms with E-state index in [2.05, 4.69) is 15.2 Å². The molecule has 0 amide bonds. The largest absolute Gasteiger partial charge is 0.325 e. The maximum atomic E-state index is 5.66. The zero-order valence-electron chi connectivity index (χ0n) is 8.77. The van der Waals surface area contributed by atoms with Crippen molar-refractivity contribution in [3.63, 3.8) is 0 Å². The van der Waals surface area contributed by atoms with Crippen LogP contribution in [-0.2, 0) is 6.54 Å². The third-order valence-corrected chi connectivity index (χ3v) is 3.47. The first-order valence-corrected chi connectivity index (χ1v) is 5.83. The molecule has 0 aromatic carbocycles. The van der Waals surface area contributed by atoms with Gasteiger partial charge in [0.2, 0.25) is 0 Å². The van der Waals surface area contributed by atoms with Crippen LogP contribution < -0.4 is 5.73 Å². The van der Waals surface area contributed by atoms with Crippen LogP contribution >= 0.6 is 11.3 Å². The molecule has 3 aromatic rings. The Bertz CT molecular complexity index is 633. The number of rotatable bonds is 2. The first kappa shape index (κ1) is 9.56. The summed E-state index contributed by atoms with van der Waals surface area (Å²) in [6.07, 6.45) is 3.79. The molecule has 16 heavy (non-hydrogen) atoms. The van der Waals surface area contributed by atoms with E-state index in [-0.39, 0.29) is 0 Å². The Balaban J connectivity index is 2.19. The van der Waals surface area contributed by atoms with Gasteiger partial charge in [0, 0.05) is 23.8 Å². The van der Waals surface area contributed by atoms with E-state index in [1.807, 2.05) is 22.9 Å². The van der Waals surface area contributed by atoms with Crippen molar-refractivity contribution in [3.05, 3.63) is 29.0 Å². The monoisotopic (exact) mass is 233 g/mol. The van der Waals surface area contributed by atoms with E-state index in [1.54, 1.807) is 17.5 Å². The number of aromatic nitrogens is 4. The molecule has 6 heteroatoms. The molecule has 0 saturated heterocycles. The minimum Gasteiger partial charge on any atom is -0.325 e. The lowest BCUT2D eigenvalue weighted by molar-refractivity contribution is 0.965. The number of imidazole rings is 1. The Morgan fingerprint density at radius 3 is 3.12 bits per heavy atom. The van der Waals surface area contributed by atoms with Crippen molar-refractivity contribution in [1.29, 1.82) is 0 Å². The highest BCUT2D eigenvalue weighted by Gasteiger charge is 2.11. The van der Waals surface area contributed by atoms with E-state index in [0.29, 0.717) is 6.54 Å². The number of hydrogen-bond acceptors (Lipinski definition) is 4. The molecule has 3 heterocycles. The van der Waals surface area contributed by atoms with E-state index in [9.17, 15) is 0 Å². The number of H-pyrrole nitrogens is 1. The molecule has 0 aliphatic rings. The Morgan fingerprint density at radius 2 is 2.44 bits per heavy atom. The zero-order valence-corrected chi connectivity index (χ0v) is 9.58. The third-order valence-electron chi connectivity index (χ3n) is 2.58. The van der Waals surface area contributed by atoms with Crippen LogP contribution in [0.1, 0.15) is 11.3 Å². The molecule has 0 aliphatic carbocycles. The molecule has 0 atom stereocenters. The van der Waals surface area contributed by atoms with Gasteiger partial charge in [-0.3, -0.25) is 9.50 Å². The van der Waals surface area contributed by atoms with Gasteiger partial charge in [-0.25, -0.2) is 4.98 Å². The molecule has 82 valence electrons. The second-order valence-corrected chi connectivity index (χ2v) is 4.47. The highest BCUT2D eigenvalue weighted by Crippen LogP contribution is 2.23. The van der Waals surface area contributed by atoms with Gasteiger partial charge in [0.1, 0.15) is 5.69 Å². The summed E-state index contributed by atoms with van der Waals surface area (Å²) in [7, 11) is 0.